The third kappa shape index (κ3) is 2.99. The number of rotatable bonds is 3. The molecule has 1 heterocycles. The van der Waals surface area contributed by atoms with E-state index in [1.165, 1.54) is 28.9 Å². The number of benzene rings is 2. The molecule has 0 radical (unpaired) electrons. The minimum atomic E-state index is 0.668. The number of fused-ring (bicyclic) bond motifs is 1. The second kappa shape index (κ2) is 6.20. The molecule has 21 heavy (non-hydrogen) atoms. The first-order valence-electron chi connectivity index (χ1n) is 7.47. The average molecular weight is 345 g/mol. The van der Waals surface area contributed by atoms with Gasteiger partial charge in [0, 0.05) is 28.9 Å². The molecular formula is C18H21BrN2. The zero-order valence-electron chi connectivity index (χ0n) is 12.6. The summed E-state index contributed by atoms with van der Waals surface area (Å²) >= 11 is 3.62. The first-order valence-corrected chi connectivity index (χ1v) is 8.27. The molecule has 0 amide bonds. The molecule has 0 aliphatic carbocycles. The lowest BCUT2D eigenvalue weighted by molar-refractivity contribution is 0.561. The Morgan fingerprint density at radius 2 is 2.00 bits per heavy atom. The van der Waals surface area contributed by atoms with Crippen LogP contribution in [0, 0.1) is 5.92 Å². The van der Waals surface area contributed by atoms with Gasteiger partial charge < -0.3 is 10.2 Å². The van der Waals surface area contributed by atoms with Crippen molar-refractivity contribution in [2.24, 2.45) is 5.92 Å². The van der Waals surface area contributed by atoms with E-state index in [-0.39, 0.29) is 0 Å². The number of nitrogens with one attached hydrogen (secondary N) is 1. The van der Waals surface area contributed by atoms with Gasteiger partial charge in [-0.1, -0.05) is 47.1 Å². The lowest BCUT2D eigenvalue weighted by Gasteiger charge is -2.36. The van der Waals surface area contributed by atoms with E-state index < -0.39 is 0 Å². The summed E-state index contributed by atoms with van der Waals surface area (Å²) in [6.45, 7) is 4.29. The van der Waals surface area contributed by atoms with Gasteiger partial charge in [0.05, 0.1) is 0 Å². The molecule has 0 saturated heterocycles. The highest BCUT2D eigenvalue weighted by Crippen LogP contribution is 2.38. The normalized spacial score (nSPS) is 17.7. The maximum absolute atomic E-state index is 3.62. The first kappa shape index (κ1) is 14.6. The molecule has 2 aromatic carbocycles. The second-order valence-corrected chi connectivity index (χ2v) is 6.77. The summed E-state index contributed by atoms with van der Waals surface area (Å²) < 4.78 is 1.13. The predicted octanol–water partition coefficient (Wildman–Crippen LogP) is 4.50. The molecule has 2 nitrogen and oxygen atoms in total. The summed E-state index contributed by atoms with van der Waals surface area (Å²) in [4.78, 5) is 2.47. The van der Waals surface area contributed by atoms with E-state index in [9.17, 15) is 0 Å². The largest absolute Gasteiger partial charge is 0.341 e. The van der Waals surface area contributed by atoms with Gasteiger partial charge in [-0.2, -0.15) is 0 Å². The highest BCUT2D eigenvalue weighted by Gasteiger charge is 2.24. The first-order chi connectivity index (χ1) is 10.2. The molecular weight excluding hydrogens is 324 g/mol. The van der Waals surface area contributed by atoms with E-state index in [0.29, 0.717) is 5.92 Å². The van der Waals surface area contributed by atoms with Crippen molar-refractivity contribution in [3.8, 4) is 0 Å². The summed E-state index contributed by atoms with van der Waals surface area (Å²) in [7, 11) is 2.00. The summed E-state index contributed by atoms with van der Waals surface area (Å²) in [6, 6.07) is 15.3. The Labute approximate surface area is 135 Å². The fourth-order valence-corrected chi connectivity index (χ4v) is 3.50. The highest BCUT2D eigenvalue weighted by molar-refractivity contribution is 9.10. The van der Waals surface area contributed by atoms with Gasteiger partial charge in [-0.3, -0.25) is 0 Å². The standard InChI is InChI=1S/C18H21BrN2/c1-13-9-14-5-3-4-6-17(14)21(12-13)18-10-16(19)8-7-15(18)11-20-2/h3-8,10,13,20H,9,11-12H2,1-2H3. The monoisotopic (exact) mass is 344 g/mol. The van der Waals surface area contributed by atoms with Crippen molar-refractivity contribution in [3.63, 3.8) is 0 Å². The van der Waals surface area contributed by atoms with E-state index in [0.717, 1.165) is 17.6 Å². The second-order valence-electron chi connectivity index (χ2n) is 5.85. The fourth-order valence-electron chi connectivity index (χ4n) is 3.15. The molecule has 0 aromatic heterocycles. The van der Waals surface area contributed by atoms with E-state index >= 15 is 0 Å². The summed E-state index contributed by atoms with van der Waals surface area (Å²) in [5.74, 6) is 0.668. The number of para-hydroxylation sites is 1. The number of hydrogen-bond acceptors (Lipinski definition) is 2. The zero-order chi connectivity index (χ0) is 14.8. The van der Waals surface area contributed by atoms with Crippen LogP contribution in [0.3, 0.4) is 0 Å². The van der Waals surface area contributed by atoms with Gasteiger partial charge >= 0.3 is 0 Å². The Hall–Kier alpha value is -1.32. The van der Waals surface area contributed by atoms with E-state index in [1.54, 1.807) is 0 Å². The van der Waals surface area contributed by atoms with Crippen molar-refractivity contribution in [3.05, 3.63) is 58.1 Å². The Morgan fingerprint density at radius 3 is 2.81 bits per heavy atom. The summed E-state index contributed by atoms with van der Waals surface area (Å²) in [5.41, 5.74) is 5.44. The van der Waals surface area contributed by atoms with Gasteiger partial charge in [-0.15, -0.1) is 0 Å². The molecule has 0 bridgehead atoms. The Balaban J connectivity index is 2.10. The minimum absolute atomic E-state index is 0.668. The SMILES string of the molecule is CNCc1ccc(Br)cc1N1CC(C)Cc2ccccc21. The van der Waals surface area contributed by atoms with Gasteiger partial charge in [-0.25, -0.2) is 0 Å². The van der Waals surface area contributed by atoms with Crippen LogP contribution in [0.4, 0.5) is 11.4 Å². The molecule has 0 fully saturated rings. The lowest BCUT2D eigenvalue weighted by atomic mass is 9.93. The Morgan fingerprint density at radius 1 is 1.19 bits per heavy atom. The molecule has 1 aliphatic heterocycles. The van der Waals surface area contributed by atoms with Crippen LogP contribution in [0.1, 0.15) is 18.1 Å². The lowest BCUT2D eigenvalue weighted by Crippen LogP contribution is -2.31. The maximum atomic E-state index is 3.62. The smallest absolute Gasteiger partial charge is 0.0467 e. The van der Waals surface area contributed by atoms with Crippen molar-refractivity contribution < 1.29 is 0 Å². The van der Waals surface area contributed by atoms with E-state index in [2.05, 4.69) is 75.5 Å². The van der Waals surface area contributed by atoms with Gasteiger partial charge in [0.2, 0.25) is 0 Å². The molecule has 1 aliphatic rings. The van der Waals surface area contributed by atoms with Gasteiger partial charge in [-0.05, 0) is 48.7 Å². The van der Waals surface area contributed by atoms with Crippen LogP contribution < -0.4 is 10.2 Å². The summed E-state index contributed by atoms with van der Waals surface area (Å²) in [6.07, 6.45) is 1.17. The summed E-state index contributed by atoms with van der Waals surface area (Å²) in [5, 5.41) is 3.28. The topological polar surface area (TPSA) is 15.3 Å². The molecule has 2 aromatic rings. The number of nitrogens with zero attached hydrogens (tertiary/aromatic N) is 1. The minimum Gasteiger partial charge on any atom is -0.341 e. The van der Waals surface area contributed by atoms with Crippen LogP contribution in [0.2, 0.25) is 0 Å². The zero-order valence-corrected chi connectivity index (χ0v) is 14.2. The Bertz CT molecular complexity index is 639. The van der Waals surface area contributed by atoms with E-state index in [1.807, 2.05) is 7.05 Å². The number of hydrogen-bond donors (Lipinski definition) is 1. The molecule has 0 saturated carbocycles. The van der Waals surface area contributed by atoms with Gasteiger partial charge in [0.15, 0.2) is 0 Å². The van der Waals surface area contributed by atoms with Crippen LogP contribution in [0.15, 0.2) is 46.9 Å². The van der Waals surface area contributed by atoms with Crippen LogP contribution in [0.25, 0.3) is 0 Å². The molecule has 110 valence electrons. The van der Waals surface area contributed by atoms with Crippen molar-refractivity contribution >= 4 is 27.3 Å². The quantitative estimate of drug-likeness (QED) is 0.881. The van der Waals surface area contributed by atoms with Crippen molar-refractivity contribution in [2.75, 3.05) is 18.5 Å². The van der Waals surface area contributed by atoms with Gasteiger partial charge in [0.25, 0.3) is 0 Å². The van der Waals surface area contributed by atoms with Crippen molar-refractivity contribution in [1.82, 2.24) is 5.32 Å². The van der Waals surface area contributed by atoms with Crippen LogP contribution in [-0.2, 0) is 13.0 Å². The Kier molecular flexibility index (Phi) is 4.32. The number of halogens is 1. The third-order valence-corrected chi connectivity index (χ3v) is 4.54. The highest BCUT2D eigenvalue weighted by atomic mass is 79.9. The molecule has 3 rings (SSSR count). The molecule has 3 heteroatoms. The van der Waals surface area contributed by atoms with Crippen LogP contribution in [-0.4, -0.2) is 13.6 Å². The molecule has 1 atom stereocenters. The average Bonchev–Trinajstić information content (AvgIpc) is 2.48. The molecule has 0 spiro atoms. The fraction of sp³-hybridized carbons (Fsp3) is 0.333. The number of anilines is 2. The van der Waals surface area contributed by atoms with Crippen molar-refractivity contribution in [2.45, 2.75) is 19.9 Å². The van der Waals surface area contributed by atoms with E-state index in [4.69, 9.17) is 0 Å². The van der Waals surface area contributed by atoms with Crippen LogP contribution >= 0.6 is 15.9 Å². The molecule has 1 unspecified atom stereocenters. The van der Waals surface area contributed by atoms with Crippen molar-refractivity contribution in [1.29, 1.82) is 0 Å². The van der Waals surface area contributed by atoms with Gasteiger partial charge in [0.1, 0.15) is 0 Å². The predicted molar refractivity (Wildman–Crippen MR) is 93.2 cm³/mol. The molecule has 1 N–H and O–H groups in total. The van der Waals surface area contributed by atoms with Crippen LogP contribution in [0.5, 0.6) is 0 Å². The third-order valence-electron chi connectivity index (χ3n) is 4.05. The maximum Gasteiger partial charge on any atom is 0.0467 e.